The van der Waals surface area contributed by atoms with Gasteiger partial charge < -0.3 is 5.32 Å². The molecule has 0 bridgehead atoms. The van der Waals surface area contributed by atoms with Gasteiger partial charge in [-0.2, -0.15) is 0 Å². The predicted octanol–water partition coefficient (Wildman–Crippen LogP) is 3.81. The fraction of sp³-hybridized carbons (Fsp3) is 0.278. The van der Waals surface area contributed by atoms with E-state index in [2.05, 4.69) is 54.5 Å². The van der Waals surface area contributed by atoms with Gasteiger partial charge in [-0.15, -0.1) is 11.3 Å². The van der Waals surface area contributed by atoms with Gasteiger partial charge in [0.25, 0.3) is 0 Å². The van der Waals surface area contributed by atoms with E-state index in [1.165, 1.54) is 27.6 Å². The van der Waals surface area contributed by atoms with Gasteiger partial charge in [0.15, 0.2) is 0 Å². The molecule has 1 N–H and O–H groups in total. The number of aryl methyl sites for hydroxylation is 1. The summed E-state index contributed by atoms with van der Waals surface area (Å²) >= 11 is 1.79. The number of thiophene rings is 1. The molecule has 0 saturated carbocycles. The van der Waals surface area contributed by atoms with Gasteiger partial charge in [0.2, 0.25) is 5.91 Å². The third-order valence-electron chi connectivity index (χ3n) is 4.20. The van der Waals surface area contributed by atoms with Crippen LogP contribution in [0, 0.1) is 6.92 Å². The van der Waals surface area contributed by atoms with Crippen LogP contribution in [-0.2, 0) is 11.2 Å². The number of carbonyl (C=O) groups excluding carboxylic acids is 1. The van der Waals surface area contributed by atoms with E-state index >= 15 is 0 Å². The van der Waals surface area contributed by atoms with Gasteiger partial charge >= 0.3 is 0 Å². The van der Waals surface area contributed by atoms with E-state index in [9.17, 15) is 4.79 Å². The Balaban J connectivity index is 1.95. The van der Waals surface area contributed by atoms with Gasteiger partial charge in [-0.25, -0.2) is 0 Å². The first-order valence-corrected chi connectivity index (χ1v) is 8.11. The molecule has 3 heteroatoms. The highest BCUT2D eigenvalue weighted by Crippen LogP contribution is 2.40. The second kappa shape index (κ2) is 5.86. The largest absolute Gasteiger partial charge is 0.349 e. The number of amides is 1. The summed E-state index contributed by atoms with van der Waals surface area (Å²) in [6, 6.07) is 11.0. The topological polar surface area (TPSA) is 29.1 Å². The molecule has 1 aromatic heterocycles. The Bertz CT molecular complexity index is 673. The maximum absolute atomic E-state index is 11.6. The molecule has 2 atom stereocenters. The van der Waals surface area contributed by atoms with Crippen LogP contribution in [0.5, 0.6) is 0 Å². The van der Waals surface area contributed by atoms with E-state index in [0.29, 0.717) is 5.92 Å². The minimum Gasteiger partial charge on any atom is -0.349 e. The molecule has 1 aliphatic carbocycles. The molecule has 1 amide bonds. The zero-order chi connectivity index (χ0) is 14.8. The molecule has 108 valence electrons. The molecule has 1 heterocycles. The summed E-state index contributed by atoms with van der Waals surface area (Å²) in [5.41, 5.74) is 4.11. The number of fused-ring (bicyclic) bond motifs is 1. The van der Waals surface area contributed by atoms with Crippen molar-refractivity contribution in [1.29, 1.82) is 0 Å². The van der Waals surface area contributed by atoms with Crippen LogP contribution >= 0.6 is 11.3 Å². The number of benzene rings is 1. The maximum Gasteiger partial charge on any atom is 0.243 e. The Morgan fingerprint density at radius 2 is 2.14 bits per heavy atom. The molecule has 3 rings (SSSR count). The van der Waals surface area contributed by atoms with Crippen LogP contribution in [-0.4, -0.2) is 11.9 Å². The van der Waals surface area contributed by atoms with Crippen molar-refractivity contribution >= 4 is 17.2 Å². The first-order chi connectivity index (χ1) is 10.2. The molecule has 0 unspecified atom stereocenters. The average Bonchev–Trinajstić information content (AvgIpc) is 2.95. The van der Waals surface area contributed by atoms with E-state index in [1.807, 2.05) is 0 Å². The standard InChI is InChI=1S/C18H19NOS/c1-3-18(20)19-13-10-16(14-7-5-4-6-12(14)2)15-8-9-21-17(15)11-13/h3-9,13,16H,1,10-11H2,2H3,(H,19,20)/t13-,16-/m1/s1. The normalized spacial score (nSPS) is 20.6. The fourth-order valence-electron chi connectivity index (χ4n) is 3.19. The third kappa shape index (κ3) is 2.79. The van der Waals surface area contributed by atoms with Crippen LogP contribution in [0.15, 0.2) is 48.4 Å². The van der Waals surface area contributed by atoms with Crippen LogP contribution < -0.4 is 5.32 Å². The van der Waals surface area contributed by atoms with Crippen LogP contribution in [0.3, 0.4) is 0 Å². The molecule has 0 aliphatic heterocycles. The van der Waals surface area contributed by atoms with E-state index in [1.54, 1.807) is 11.3 Å². The van der Waals surface area contributed by atoms with E-state index < -0.39 is 0 Å². The van der Waals surface area contributed by atoms with Crippen molar-refractivity contribution in [3.8, 4) is 0 Å². The summed E-state index contributed by atoms with van der Waals surface area (Å²) in [4.78, 5) is 13.0. The molecular weight excluding hydrogens is 278 g/mol. The second-order valence-electron chi connectivity index (χ2n) is 5.56. The van der Waals surface area contributed by atoms with Gasteiger partial charge in [-0.05, 0) is 47.6 Å². The molecule has 1 aromatic carbocycles. The van der Waals surface area contributed by atoms with Crippen LogP contribution in [0.1, 0.15) is 33.9 Å². The molecule has 0 fully saturated rings. The van der Waals surface area contributed by atoms with Gasteiger partial charge in [-0.1, -0.05) is 30.8 Å². The van der Waals surface area contributed by atoms with E-state index in [-0.39, 0.29) is 11.9 Å². The third-order valence-corrected chi connectivity index (χ3v) is 5.16. The number of carbonyl (C=O) groups is 1. The van der Waals surface area contributed by atoms with Gasteiger partial charge in [0, 0.05) is 23.3 Å². The summed E-state index contributed by atoms with van der Waals surface area (Å²) in [5, 5.41) is 5.23. The van der Waals surface area contributed by atoms with Crippen LogP contribution in [0.4, 0.5) is 0 Å². The number of hydrogen-bond acceptors (Lipinski definition) is 2. The summed E-state index contributed by atoms with van der Waals surface area (Å²) in [7, 11) is 0. The number of nitrogens with one attached hydrogen (secondary N) is 1. The minimum absolute atomic E-state index is 0.0801. The highest BCUT2D eigenvalue weighted by Gasteiger charge is 2.30. The van der Waals surface area contributed by atoms with Gasteiger partial charge in [0.1, 0.15) is 0 Å². The molecular formula is C18H19NOS. The van der Waals surface area contributed by atoms with Crippen molar-refractivity contribution in [1.82, 2.24) is 5.32 Å². The smallest absolute Gasteiger partial charge is 0.243 e. The van der Waals surface area contributed by atoms with Crippen molar-refractivity contribution in [2.24, 2.45) is 0 Å². The Kier molecular flexibility index (Phi) is 3.93. The van der Waals surface area contributed by atoms with E-state index in [0.717, 1.165) is 12.8 Å². The van der Waals surface area contributed by atoms with Crippen molar-refractivity contribution in [2.75, 3.05) is 0 Å². The quantitative estimate of drug-likeness (QED) is 0.858. The molecule has 0 spiro atoms. The Morgan fingerprint density at radius 3 is 2.90 bits per heavy atom. The summed E-state index contributed by atoms with van der Waals surface area (Å²) in [6.45, 7) is 5.70. The summed E-state index contributed by atoms with van der Waals surface area (Å²) < 4.78 is 0. The second-order valence-corrected chi connectivity index (χ2v) is 6.56. The lowest BCUT2D eigenvalue weighted by atomic mass is 9.79. The van der Waals surface area contributed by atoms with Crippen molar-refractivity contribution < 1.29 is 4.79 Å². The van der Waals surface area contributed by atoms with Crippen LogP contribution in [0.25, 0.3) is 0 Å². The monoisotopic (exact) mass is 297 g/mol. The predicted molar refractivity (Wildman–Crippen MR) is 87.8 cm³/mol. The molecule has 2 nitrogen and oxygen atoms in total. The minimum atomic E-state index is -0.0801. The molecule has 2 aromatic rings. The fourth-order valence-corrected chi connectivity index (χ4v) is 4.21. The lowest BCUT2D eigenvalue weighted by molar-refractivity contribution is -0.117. The Hall–Kier alpha value is -1.87. The maximum atomic E-state index is 11.6. The first-order valence-electron chi connectivity index (χ1n) is 7.23. The van der Waals surface area contributed by atoms with Gasteiger partial charge in [-0.3, -0.25) is 4.79 Å². The average molecular weight is 297 g/mol. The first kappa shape index (κ1) is 14.1. The Labute approximate surface area is 129 Å². The molecule has 1 aliphatic rings. The summed E-state index contributed by atoms with van der Waals surface area (Å²) in [5.74, 6) is 0.292. The summed E-state index contributed by atoms with van der Waals surface area (Å²) in [6.07, 6.45) is 3.23. The van der Waals surface area contributed by atoms with Gasteiger partial charge in [0.05, 0.1) is 0 Å². The Morgan fingerprint density at radius 1 is 1.33 bits per heavy atom. The molecule has 21 heavy (non-hydrogen) atoms. The lowest BCUT2D eigenvalue weighted by Gasteiger charge is -2.31. The molecule has 0 radical (unpaired) electrons. The number of rotatable bonds is 3. The number of hydrogen-bond donors (Lipinski definition) is 1. The molecule has 0 saturated heterocycles. The highest BCUT2D eigenvalue weighted by atomic mass is 32.1. The lowest BCUT2D eigenvalue weighted by Crippen LogP contribution is -2.39. The zero-order valence-corrected chi connectivity index (χ0v) is 13.0. The van der Waals surface area contributed by atoms with Crippen molar-refractivity contribution in [2.45, 2.75) is 31.7 Å². The SMILES string of the molecule is C=CC(=O)N[C@H]1Cc2sccc2[C@@H](c2ccccc2C)C1. The highest BCUT2D eigenvalue weighted by molar-refractivity contribution is 7.10. The zero-order valence-electron chi connectivity index (χ0n) is 12.1. The van der Waals surface area contributed by atoms with Crippen molar-refractivity contribution in [3.05, 3.63) is 69.9 Å². The van der Waals surface area contributed by atoms with Crippen molar-refractivity contribution in [3.63, 3.8) is 0 Å². The van der Waals surface area contributed by atoms with E-state index in [4.69, 9.17) is 0 Å². The van der Waals surface area contributed by atoms with Crippen LogP contribution in [0.2, 0.25) is 0 Å².